The Bertz CT molecular complexity index is 392. The van der Waals surface area contributed by atoms with Gasteiger partial charge in [0.15, 0.2) is 8.46 Å². The van der Waals surface area contributed by atoms with Crippen LogP contribution in [0.2, 0.25) is 0 Å². The first-order chi connectivity index (χ1) is 8.74. The van der Waals surface area contributed by atoms with Gasteiger partial charge in [-0.25, -0.2) is 0 Å². The summed E-state index contributed by atoms with van der Waals surface area (Å²) in [6.07, 6.45) is 13.0. The Labute approximate surface area is 109 Å². The molecule has 1 aromatic rings. The van der Waals surface area contributed by atoms with Crippen molar-refractivity contribution < 1.29 is 14.8 Å². The number of hydrogen-bond donors (Lipinski definition) is 2. The monoisotopic (exact) mass is 266 g/mol. The van der Waals surface area contributed by atoms with Crippen LogP contribution in [0, 0.1) is 0 Å². The van der Waals surface area contributed by atoms with E-state index in [1.165, 1.54) is 56.7 Å². The average Bonchev–Trinajstić information content (AvgIpc) is 2.32. The highest BCUT2D eigenvalue weighted by atomic mass is 31.1. The fourth-order valence-corrected chi connectivity index (χ4v) is 2.05. The smallest absolute Gasteiger partial charge is 0.196 e. The second kappa shape index (κ2) is 8.71. The van der Waals surface area contributed by atoms with E-state index in [1.54, 1.807) is 0 Å². The highest BCUT2D eigenvalue weighted by molar-refractivity contribution is 7.34. The van der Waals surface area contributed by atoms with Crippen LogP contribution in [-0.4, -0.2) is 10.2 Å². The summed E-state index contributed by atoms with van der Waals surface area (Å²) in [5.41, 5.74) is 0. The molecular weight excluding hydrogens is 247 g/mol. The van der Waals surface area contributed by atoms with Crippen LogP contribution in [0.25, 0.3) is 0 Å². The molecule has 18 heavy (non-hydrogen) atoms. The molecule has 98 valence electrons. The maximum absolute atomic E-state index is 10.2. The predicted octanol–water partition coefficient (Wildman–Crippen LogP) is 3.91. The van der Waals surface area contributed by atoms with E-state index in [0.29, 0.717) is 0 Å². The molecule has 0 aliphatic heterocycles. The van der Waals surface area contributed by atoms with Crippen LogP contribution >= 0.6 is 8.46 Å². The van der Waals surface area contributed by atoms with Gasteiger partial charge in [-0.2, -0.15) is 0 Å². The second-order valence-corrected chi connectivity index (χ2v) is 4.89. The lowest BCUT2D eigenvalue weighted by Gasteiger charge is -2.00. The van der Waals surface area contributed by atoms with E-state index < -0.39 is 0 Å². The van der Waals surface area contributed by atoms with Crippen LogP contribution in [-0.2, 0) is 4.57 Å². The minimum Gasteiger partial charge on any atom is -0.508 e. The zero-order valence-corrected chi connectivity index (χ0v) is 11.3. The summed E-state index contributed by atoms with van der Waals surface area (Å²) in [7, 11) is -0.293. The van der Waals surface area contributed by atoms with E-state index in [0.717, 1.165) is 0 Å². The molecule has 0 saturated carbocycles. The van der Waals surface area contributed by atoms with Gasteiger partial charge in [0.05, 0.1) is 5.30 Å². The normalized spacial score (nSPS) is 15.3. The molecule has 2 N–H and O–H groups in total. The maximum atomic E-state index is 10.2. The Morgan fingerprint density at radius 1 is 0.944 bits per heavy atom. The van der Waals surface area contributed by atoms with E-state index in [-0.39, 0.29) is 25.3 Å². The third-order valence-electron chi connectivity index (χ3n) is 2.72. The minimum atomic E-state index is -0.293. The summed E-state index contributed by atoms with van der Waals surface area (Å²) in [5.74, 6) is -0.0781. The molecule has 2 rings (SSSR count). The molecule has 4 heteroatoms. The number of benzene rings is 1. The first-order valence-electron chi connectivity index (χ1n) is 6.24. The van der Waals surface area contributed by atoms with Gasteiger partial charge in [-0.15, -0.1) is 0 Å². The molecule has 0 aromatic heterocycles. The lowest BCUT2D eigenvalue weighted by Crippen LogP contribution is -1.89. The van der Waals surface area contributed by atoms with Gasteiger partial charge in [0, 0.05) is 0 Å². The van der Waals surface area contributed by atoms with Crippen LogP contribution in [0.1, 0.15) is 38.5 Å². The van der Waals surface area contributed by atoms with Gasteiger partial charge >= 0.3 is 0 Å². The number of phenols is 2. The van der Waals surface area contributed by atoms with E-state index in [4.69, 9.17) is 10.2 Å². The average molecular weight is 266 g/mol. The van der Waals surface area contributed by atoms with Gasteiger partial charge < -0.3 is 10.2 Å². The lowest BCUT2D eigenvalue weighted by atomic mass is 10.1. The summed E-state index contributed by atoms with van der Waals surface area (Å²) in [5, 5.41) is 17.9. The first kappa shape index (κ1) is 14.7. The van der Waals surface area contributed by atoms with E-state index in [1.807, 2.05) is 0 Å². The molecule has 0 radical (unpaired) electrons. The highest BCUT2D eigenvalue weighted by Crippen LogP contribution is 2.16. The molecule has 0 spiro atoms. The predicted molar refractivity (Wildman–Crippen MR) is 73.9 cm³/mol. The molecule has 1 aromatic carbocycles. The van der Waals surface area contributed by atoms with Crippen molar-refractivity contribution in [1.29, 1.82) is 0 Å². The van der Waals surface area contributed by atoms with Gasteiger partial charge in [-0.05, 0) is 43.9 Å². The molecule has 1 aliphatic rings. The fraction of sp³-hybridized carbons (Fsp3) is 0.429. The van der Waals surface area contributed by atoms with Crippen molar-refractivity contribution in [3.63, 3.8) is 0 Å². The summed E-state index contributed by atoms with van der Waals surface area (Å²) >= 11 is 0. The van der Waals surface area contributed by atoms with Gasteiger partial charge in [0.2, 0.25) is 0 Å². The Kier molecular flexibility index (Phi) is 7.12. The van der Waals surface area contributed by atoms with Crippen molar-refractivity contribution in [3.8, 4) is 11.5 Å². The van der Waals surface area contributed by atoms with Crippen molar-refractivity contribution in [1.82, 2.24) is 0 Å². The van der Waals surface area contributed by atoms with Crippen molar-refractivity contribution in [2.24, 2.45) is 0 Å². The molecule has 0 atom stereocenters. The third kappa shape index (κ3) is 5.83. The minimum absolute atomic E-state index is 0.00356. The summed E-state index contributed by atoms with van der Waals surface area (Å²) in [4.78, 5) is 0. The molecule has 3 nitrogen and oxygen atoms in total. The van der Waals surface area contributed by atoms with Crippen LogP contribution in [0.3, 0.4) is 0 Å². The maximum Gasteiger partial charge on any atom is 0.196 e. The zero-order chi connectivity index (χ0) is 13.2. The number of aromatic hydroxyl groups is 2. The number of phenolic OH excluding ortho intramolecular Hbond substituents is 2. The van der Waals surface area contributed by atoms with Crippen molar-refractivity contribution in [2.75, 3.05) is 0 Å². The van der Waals surface area contributed by atoms with Crippen molar-refractivity contribution >= 4 is 13.8 Å². The standard InChI is InChI=1S/C8H14.C6H5O3P/c1-2-4-6-8-7-5-3-1;7-4-1-2-5(8)6(3-4)10-9/h1-2H,3-8H2;1-3,7-8H. The summed E-state index contributed by atoms with van der Waals surface area (Å²) < 4.78 is 10.2. The molecule has 0 fully saturated rings. The quantitative estimate of drug-likeness (QED) is 0.460. The molecule has 0 amide bonds. The molecule has 0 heterocycles. The Morgan fingerprint density at radius 2 is 1.56 bits per heavy atom. The zero-order valence-electron chi connectivity index (χ0n) is 10.4. The molecular formula is C14H19O3P. The molecule has 0 unspecified atom stereocenters. The van der Waals surface area contributed by atoms with E-state index in [9.17, 15) is 4.57 Å². The summed E-state index contributed by atoms with van der Waals surface area (Å²) in [6, 6.07) is 3.85. The topological polar surface area (TPSA) is 57.5 Å². The first-order valence-corrected chi connectivity index (χ1v) is 7.05. The van der Waals surface area contributed by atoms with Gasteiger partial charge in [-0.1, -0.05) is 25.0 Å². The van der Waals surface area contributed by atoms with Crippen LogP contribution in [0.4, 0.5) is 0 Å². The van der Waals surface area contributed by atoms with Gasteiger partial charge in [0.25, 0.3) is 0 Å². The fourth-order valence-electron chi connectivity index (χ4n) is 1.70. The lowest BCUT2D eigenvalue weighted by molar-refractivity contribution is 0.463. The summed E-state index contributed by atoms with van der Waals surface area (Å²) in [6.45, 7) is 0. The van der Waals surface area contributed by atoms with Crippen LogP contribution in [0.15, 0.2) is 30.4 Å². The largest absolute Gasteiger partial charge is 0.508 e. The van der Waals surface area contributed by atoms with Crippen LogP contribution in [0.5, 0.6) is 11.5 Å². The Hall–Kier alpha value is -1.34. The number of allylic oxidation sites excluding steroid dienone is 2. The number of rotatable bonds is 1. The van der Waals surface area contributed by atoms with Crippen LogP contribution < -0.4 is 5.30 Å². The molecule has 0 bridgehead atoms. The van der Waals surface area contributed by atoms with Gasteiger partial charge in [-0.3, -0.25) is 4.57 Å². The number of hydrogen-bond acceptors (Lipinski definition) is 3. The Morgan fingerprint density at radius 3 is 2.06 bits per heavy atom. The van der Waals surface area contributed by atoms with Crippen molar-refractivity contribution in [3.05, 3.63) is 30.4 Å². The van der Waals surface area contributed by atoms with E-state index >= 15 is 0 Å². The third-order valence-corrected chi connectivity index (χ3v) is 3.27. The van der Waals surface area contributed by atoms with Gasteiger partial charge in [0.1, 0.15) is 11.5 Å². The van der Waals surface area contributed by atoms with Crippen molar-refractivity contribution in [2.45, 2.75) is 38.5 Å². The molecule has 1 aliphatic carbocycles. The SMILES string of the molecule is C1=CCCCCCC1.O=Pc1cc(O)ccc1O. The second-order valence-electron chi connectivity index (χ2n) is 4.23. The Balaban J connectivity index is 0.000000184. The molecule has 0 saturated heterocycles. The highest BCUT2D eigenvalue weighted by Gasteiger charge is 1.99. The van der Waals surface area contributed by atoms with E-state index in [2.05, 4.69) is 12.2 Å².